The van der Waals surface area contributed by atoms with Crippen molar-refractivity contribution in [2.24, 2.45) is 5.73 Å². The lowest BCUT2D eigenvalue weighted by Gasteiger charge is -2.06. The van der Waals surface area contributed by atoms with E-state index in [1.165, 1.54) is 22.2 Å². The lowest BCUT2D eigenvalue weighted by molar-refractivity contribution is 0.732. The van der Waals surface area contributed by atoms with Gasteiger partial charge in [0.15, 0.2) is 0 Å². The first-order valence-corrected chi connectivity index (χ1v) is 5.55. The summed E-state index contributed by atoms with van der Waals surface area (Å²) in [6.45, 7) is 6.05. The second kappa shape index (κ2) is 4.07. The van der Waals surface area contributed by atoms with Crippen LogP contribution in [-0.4, -0.2) is 11.1 Å². The van der Waals surface area contributed by atoms with Crippen LogP contribution < -0.4 is 5.73 Å². The van der Waals surface area contributed by atoms with E-state index in [1.54, 1.807) is 0 Å². The first kappa shape index (κ1) is 10.2. The van der Waals surface area contributed by atoms with Crippen LogP contribution in [0.15, 0.2) is 24.3 Å². The van der Waals surface area contributed by atoms with Gasteiger partial charge in [0.2, 0.25) is 0 Å². The first-order chi connectivity index (χ1) is 7.26. The molecule has 2 N–H and O–H groups in total. The zero-order valence-electron chi connectivity index (χ0n) is 9.46. The molecule has 2 heteroatoms. The number of aromatic nitrogens is 1. The molecule has 0 saturated heterocycles. The summed E-state index contributed by atoms with van der Waals surface area (Å²) in [6, 6.07) is 8.86. The van der Waals surface area contributed by atoms with Crippen LogP contribution in [0.4, 0.5) is 0 Å². The van der Waals surface area contributed by atoms with Gasteiger partial charge < -0.3 is 10.3 Å². The van der Waals surface area contributed by atoms with Gasteiger partial charge in [-0.1, -0.05) is 12.1 Å². The number of benzene rings is 1. The molecule has 0 aliphatic heterocycles. The van der Waals surface area contributed by atoms with Crippen LogP contribution in [0.3, 0.4) is 0 Å². The fraction of sp³-hybridized carbons (Fsp3) is 0.385. The highest BCUT2D eigenvalue weighted by molar-refractivity contribution is 5.82. The van der Waals surface area contributed by atoms with Crippen molar-refractivity contribution in [1.29, 1.82) is 0 Å². The van der Waals surface area contributed by atoms with Gasteiger partial charge in [0.05, 0.1) is 0 Å². The topological polar surface area (TPSA) is 30.9 Å². The molecule has 0 atom stereocenters. The molecular weight excluding hydrogens is 184 g/mol. The first-order valence-electron chi connectivity index (χ1n) is 5.55. The Hall–Kier alpha value is -1.28. The van der Waals surface area contributed by atoms with Crippen LogP contribution in [0.1, 0.15) is 18.2 Å². The molecule has 0 radical (unpaired) electrons. The predicted molar refractivity (Wildman–Crippen MR) is 65.1 cm³/mol. The lowest BCUT2D eigenvalue weighted by Crippen LogP contribution is -2.08. The summed E-state index contributed by atoms with van der Waals surface area (Å²) in [5.74, 6) is 0. The van der Waals surface area contributed by atoms with Crippen LogP contribution in [-0.2, 0) is 13.0 Å². The minimum Gasteiger partial charge on any atom is -0.345 e. The predicted octanol–water partition coefficient (Wildman–Crippen LogP) is 2.47. The number of nitrogens with zero attached hydrogens (tertiary/aromatic N) is 1. The van der Waals surface area contributed by atoms with Crippen molar-refractivity contribution < 1.29 is 0 Å². The van der Waals surface area contributed by atoms with Crippen molar-refractivity contribution in [2.45, 2.75) is 26.8 Å². The SMILES string of the molecule is CCn1c(CCN)cc2ccc(C)cc21. The minimum atomic E-state index is 0.718. The highest BCUT2D eigenvalue weighted by Crippen LogP contribution is 2.21. The van der Waals surface area contributed by atoms with Gasteiger partial charge in [-0.05, 0) is 49.9 Å². The van der Waals surface area contributed by atoms with E-state index in [4.69, 9.17) is 5.73 Å². The molecule has 0 amide bonds. The molecule has 80 valence electrons. The number of fused-ring (bicyclic) bond motifs is 1. The van der Waals surface area contributed by atoms with Gasteiger partial charge in [-0.2, -0.15) is 0 Å². The van der Waals surface area contributed by atoms with Gasteiger partial charge in [-0.25, -0.2) is 0 Å². The normalized spacial score (nSPS) is 11.1. The summed E-state index contributed by atoms with van der Waals surface area (Å²) in [4.78, 5) is 0. The molecule has 1 aromatic heterocycles. The Balaban J connectivity index is 2.63. The van der Waals surface area contributed by atoms with E-state index >= 15 is 0 Å². The third kappa shape index (κ3) is 1.77. The maximum Gasteiger partial charge on any atom is 0.0485 e. The largest absolute Gasteiger partial charge is 0.345 e. The Morgan fingerprint density at radius 1 is 1.27 bits per heavy atom. The highest BCUT2D eigenvalue weighted by atomic mass is 15.0. The Kier molecular flexibility index (Phi) is 2.78. The summed E-state index contributed by atoms with van der Waals surface area (Å²) in [7, 11) is 0. The molecule has 0 aliphatic rings. The van der Waals surface area contributed by atoms with E-state index < -0.39 is 0 Å². The molecule has 0 aliphatic carbocycles. The van der Waals surface area contributed by atoms with Gasteiger partial charge in [0, 0.05) is 17.8 Å². The summed E-state index contributed by atoms with van der Waals surface area (Å²) < 4.78 is 2.36. The fourth-order valence-corrected chi connectivity index (χ4v) is 2.15. The van der Waals surface area contributed by atoms with E-state index in [2.05, 4.69) is 42.7 Å². The molecule has 1 aromatic carbocycles. The summed E-state index contributed by atoms with van der Waals surface area (Å²) >= 11 is 0. The number of aryl methyl sites for hydroxylation is 2. The maximum atomic E-state index is 5.62. The Bertz CT molecular complexity index is 469. The van der Waals surface area contributed by atoms with E-state index in [9.17, 15) is 0 Å². The average Bonchev–Trinajstić information content (AvgIpc) is 2.55. The van der Waals surface area contributed by atoms with Crippen molar-refractivity contribution in [3.8, 4) is 0 Å². The number of hydrogen-bond donors (Lipinski definition) is 1. The molecule has 0 spiro atoms. The summed E-state index contributed by atoms with van der Waals surface area (Å²) in [6.07, 6.45) is 0.960. The minimum absolute atomic E-state index is 0.718. The molecular formula is C13H18N2. The van der Waals surface area contributed by atoms with Crippen LogP contribution in [0.2, 0.25) is 0 Å². The molecule has 0 bridgehead atoms. The van der Waals surface area contributed by atoms with Crippen molar-refractivity contribution >= 4 is 10.9 Å². The Labute approximate surface area is 90.7 Å². The van der Waals surface area contributed by atoms with Crippen molar-refractivity contribution in [2.75, 3.05) is 6.54 Å². The Morgan fingerprint density at radius 2 is 2.07 bits per heavy atom. The second-order valence-corrected chi connectivity index (χ2v) is 3.98. The van der Waals surface area contributed by atoms with Gasteiger partial charge in [0.1, 0.15) is 0 Å². The van der Waals surface area contributed by atoms with Gasteiger partial charge in [-0.15, -0.1) is 0 Å². The maximum absolute atomic E-state index is 5.62. The van der Waals surface area contributed by atoms with E-state index in [-0.39, 0.29) is 0 Å². The van der Waals surface area contributed by atoms with E-state index in [1.807, 2.05) is 0 Å². The van der Waals surface area contributed by atoms with Crippen LogP contribution in [0.5, 0.6) is 0 Å². The molecule has 2 rings (SSSR count). The third-order valence-electron chi connectivity index (χ3n) is 2.86. The fourth-order valence-electron chi connectivity index (χ4n) is 2.15. The van der Waals surface area contributed by atoms with E-state index in [0.717, 1.165) is 19.5 Å². The highest BCUT2D eigenvalue weighted by Gasteiger charge is 2.06. The van der Waals surface area contributed by atoms with Gasteiger partial charge in [0.25, 0.3) is 0 Å². The molecule has 15 heavy (non-hydrogen) atoms. The van der Waals surface area contributed by atoms with Gasteiger partial charge >= 0.3 is 0 Å². The zero-order valence-corrected chi connectivity index (χ0v) is 9.46. The van der Waals surface area contributed by atoms with Crippen molar-refractivity contribution in [3.63, 3.8) is 0 Å². The number of rotatable bonds is 3. The average molecular weight is 202 g/mol. The Morgan fingerprint density at radius 3 is 2.73 bits per heavy atom. The molecule has 0 saturated carbocycles. The van der Waals surface area contributed by atoms with Crippen LogP contribution >= 0.6 is 0 Å². The molecule has 0 unspecified atom stereocenters. The summed E-state index contributed by atoms with van der Waals surface area (Å²) in [5.41, 5.74) is 9.62. The quantitative estimate of drug-likeness (QED) is 0.814. The molecule has 2 nitrogen and oxygen atoms in total. The van der Waals surface area contributed by atoms with Crippen LogP contribution in [0.25, 0.3) is 10.9 Å². The lowest BCUT2D eigenvalue weighted by atomic mass is 10.2. The van der Waals surface area contributed by atoms with E-state index in [0.29, 0.717) is 0 Å². The monoisotopic (exact) mass is 202 g/mol. The van der Waals surface area contributed by atoms with Crippen LogP contribution in [0, 0.1) is 6.92 Å². The molecule has 2 aromatic rings. The smallest absolute Gasteiger partial charge is 0.0485 e. The summed E-state index contributed by atoms with van der Waals surface area (Å²) in [5, 5.41) is 1.32. The number of hydrogen-bond acceptors (Lipinski definition) is 1. The van der Waals surface area contributed by atoms with Gasteiger partial charge in [-0.3, -0.25) is 0 Å². The second-order valence-electron chi connectivity index (χ2n) is 3.98. The standard InChI is InChI=1S/C13H18N2/c1-3-15-12(6-7-14)9-11-5-4-10(2)8-13(11)15/h4-5,8-9H,3,6-7,14H2,1-2H3. The third-order valence-corrected chi connectivity index (χ3v) is 2.86. The van der Waals surface area contributed by atoms with Crippen molar-refractivity contribution in [3.05, 3.63) is 35.5 Å². The van der Waals surface area contributed by atoms with Crippen molar-refractivity contribution in [1.82, 2.24) is 4.57 Å². The molecule has 0 fully saturated rings. The number of nitrogens with two attached hydrogens (primary N) is 1. The molecule has 1 heterocycles. The zero-order chi connectivity index (χ0) is 10.8.